The van der Waals surface area contributed by atoms with Crippen LogP contribution in [0.2, 0.25) is 0 Å². The fraction of sp³-hybridized carbons (Fsp3) is 0.533. The molecule has 0 saturated carbocycles. The van der Waals surface area contributed by atoms with Gasteiger partial charge in [-0.1, -0.05) is 6.92 Å². The second-order valence-corrected chi connectivity index (χ2v) is 4.78. The maximum absolute atomic E-state index is 4.72. The Bertz CT molecular complexity index is 574. The predicted molar refractivity (Wildman–Crippen MR) is 81.8 cm³/mol. The number of anilines is 1. The highest BCUT2D eigenvalue weighted by Crippen LogP contribution is 2.25. The standard InChI is InChI=1S/C15H23N5/c1-5-8-12-18-13(11(4)14(19-12)16-6-2)15-17-9-10-20(15)7-3/h9-10H,5-8H2,1-4H3,(H,16,18,19). The van der Waals surface area contributed by atoms with Gasteiger partial charge in [0.05, 0.1) is 0 Å². The normalized spacial score (nSPS) is 10.8. The van der Waals surface area contributed by atoms with Crippen molar-refractivity contribution < 1.29 is 0 Å². The fourth-order valence-electron chi connectivity index (χ4n) is 2.24. The number of hydrogen-bond acceptors (Lipinski definition) is 4. The Kier molecular flexibility index (Phi) is 4.71. The Morgan fingerprint density at radius 2 is 2.00 bits per heavy atom. The largest absolute Gasteiger partial charge is 0.370 e. The first kappa shape index (κ1) is 14.5. The van der Waals surface area contributed by atoms with Crippen molar-refractivity contribution in [3.63, 3.8) is 0 Å². The van der Waals surface area contributed by atoms with Crippen molar-refractivity contribution in [3.05, 3.63) is 23.8 Å². The first-order chi connectivity index (χ1) is 9.71. The Hall–Kier alpha value is -1.91. The van der Waals surface area contributed by atoms with Crippen LogP contribution in [0.25, 0.3) is 11.5 Å². The summed E-state index contributed by atoms with van der Waals surface area (Å²) in [6.07, 6.45) is 5.74. The third-order valence-electron chi connectivity index (χ3n) is 3.28. The minimum absolute atomic E-state index is 0.852. The van der Waals surface area contributed by atoms with E-state index in [1.54, 1.807) is 0 Å². The van der Waals surface area contributed by atoms with Crippen LogP contribution in [-0.2, 0) is 13.0 Å². The van der Waals surface area contributed by atoms with Gasteiger partial charge < -0.3 is 9.88 Å². The molecule has 0 atom stereocenters. The summed E-state index contributed by atoms with van der Waals surface area (Å²) in [6, 6.07) is 0. The van der Waals surface area contributed by atoms with Crippen LogP contribution in [0.15, 0.2) is 12.4 Å². The summed E-state index contributed by atoms with van der Waals surface area (Å²) in [6.45, 7) is 10.1. The average Bonchev–Trinajstić information content (AvgIpc) is 2.91. The van der Waals surface area contributed by atoms with Gasteiger partial charge in [-0.2, -0.15) is 0 Å². The number of rotatable bonds is 6. The van der Waals surface area contributed by atoms with E-state index < -0.39 is 0 Å². The lowest BCUT2D eigenvalue weighted by Gasteiger charge is -2.13. The smallest absolute Gasteiger partial charge is 0.159 e. The number of hydrogen-bond donors (Lipinski definition) is 1. The average molecular weight is 273 g/mol. The molecule has 0 aliphatic rings. The van der Waals surface area contributed by atoms with E-state index in [0.717, 1.165) is 54.7 Å². The van der Waals surface area contributed by atoms with Gasteiger partial charge in [0.1, 0.15) is 17.3 Å². The van der Waals surface area contributed by atoms with Crippen LogP contribution >= 0.6 is 0 Å². The molecule has 2 rings (SSSR count). The van der Waals surface area contributed by atoms with E-state index in [4.69, 9.17) is 4.98 Å². The predicted octanol–water partition coefficient (Wildman–Crippen LogP) is 3.05. The first-order valence-electron chi connectivity index (χ1n) is 7.34. The molecule has 0 aliphatic carbocycles. The molecule has 5 nitrogen and oxygen atoms in total. The van der Waals surface area contributed by atoms with Gasteiger partial charge in [-0.25, -0.2) is 15.0 Å². The molecule has 5 heteroatoms. The van der Waals surface area contributed by atoms with Crippen LogP contribution in [-0.4, -0.2) is 26.1 Å². The molecule has 0 aliphatic heterocycles. The molecule has 108 valence electrons. The molecule has 0 aromatic carbocycles. The summed E-state index contributed by atoms with van der Waals surface area (Å²) >= 11 is 0. The molecule has 0 radical (unpaired) electrons. The molecule has 1 N–H and O–H groups in total. The van der Waals surface area contributed by atoms with Gasteiger partial charge in [0.25, 0.3) is 0 Å². The third kappa shape index (κ3) is 2.81. The highest BCUT2D eigenvalue weighted by atomic mass is 15.1. The summed E-state index contributed by atoms with van der Waals surface area (Å²) in [4.78, 5) is 13.8. The maximum Gasteiger partial charge on any atom is 0.159 e. The van der Waals surface area contributed by atoms with Crippen molar-refractivity contribution in [2.24, 2.45) is 0 Å². The Morgan fingerprint density at radius 3 is 2.65 bits per heavy atom. The zero-order valence-corrected chi connectivity index (χ0v) is 12.8. The monoisotopic (exact) mass is 273 g/mol. The molecule has 2 aromatic rings. The molecular weight excluding hydrogens is 250 g/mol. The summed E-state index contributed by atoms with van der Waals surface area (Å²) in [5.41, 5.74) is 2.00. The van der Waals surface area contributed by atoms with Crippen LogP contribution in [0.1, 0.15) is 38.6 Å². The quantitative estimate of drug-likeness (QED) is 0.879. The SMILES string of the molecule is CCCc1nc(NCC)c(C)c(-c2nccn2CC)n1. The van der Waals surface area contributed by atoms with Crippen molar-refractivity contribution in [2.75, 3.05) is 11.9 Å². The fourth-order valence-corrected chi connectivity index (χ4v) is 2.24. The van der Waals surface area contributed by atoms with Crippen molar-refractivity contribution in [2.45, 2.75) is 47.1 Å². The minimum Gasteiger partial charge on any atom is -0.370 e. The zero-order chi connectivity index (χ0) is 14.5. The van der Waals surface area contributed by atoms with E-state index in [1.807, 2.05) is 12.4 Å². The molecule has 0 amide bonds. The second-order valence-electron chi connectivity index (χ2n) is 4.78. The van der Waals surface area contributed by atoms with Gasteiger partial charge in [-0.05, 0) is 27.2 Å². The second kappa shape index (κ2) is 6.50. The van der Waals surface area contributed by atoms with Gasteiger partial charge in [0.2, 0.25) is 0 Å². The van der Waals surface area contributed by atoms with Crippen LogP contribution < -0.4 is 5.32 Å². The molecule has 0 saturated heterocycles. The molecule has 20 heavy (non-hydrogen) atoms. The topological polar surface area (TPSA) is 55.6 Å². The van der Waals surface area contributed by atoms with Crippen LogP contribution in [0.5, 0.6) is 0 Å². The van der Waals surface area contributed by atoms with Crippen molar-refractivity contribution in [1.82, 2.24) is 19.5 Å². The number of nitrogens with one attached hydrogen (secondary N) is 1. The highest BCUT2D eigenvalue weighted by molar-refractivity contribution is 5.63. The van der Waals surface area contributed by atoms with Gasteiger partial charge in [0.15, 0.2) is 5.82 Å². The Labute approximate surface area is 120 Å². The Morgan fingerprint density at radius 1 is 1.20 bits per heavy atom. The third-order valence-corrected chi connectivity index (χ3v) is 3.28. The van der Waals surface area contributed by atoms with Gasteiger partial charge in [-0.3, -0.25) is 0 Å². The molecule has 0 fully saturated rings. The minimum atomic E-state index is 0.852. The van der Waals surface area contributed by atoms with Crippen molar-refractivity contribution in [3.8, 4) is 11.5 Å². The van der Waals surface area contributed by atoms with E-state index >= 15 is 0 Å². The first-order valence-corrected chi connectivity index (χ1v) is 7.34. The molecule has 0 bridgehead atoms. The van der Waals surface area contributed by atoms with E-state index in [0.29, 0.717) is 0 Å². The molecule has 2 aromatic heterocycles. The maximum atomic E-state index is 4.72. The lowest BCUT2D eigenvalue weighted by Crippen LogP contribution is -2.09. The van der Waals surface area contributed by atoms with Crippen molar-refractivity contribution in [1.29, 1.82) is 0 Å². The number of aryl methyl sites for hydroxylation is 2. The van der Waals surface area contributed by atoms with Crippen molar-refractivity contribution >= 4 is 5.82 Å². The summed E-state index contributed by atoms with van der Waals surface area (Å²) in [7, 11) is 0. The summed E-state index contributed by atoms with van der Waals surface area (Å²) in [5, 5.41) is 3.33. The van der Waals surface area contributed by atoms with E-state index in [1.165, 1.54) is 0 Å². The summed E-state index contributed by atoms with van der Waals surface area (Å²) in [5.74, 6) is 2.73. The van der Waals surface area contributed by atoms with E-state index in [2.05, 4.69) is 47.5 Å². The summed E-state index contributed by atoms with van der Waals surface area (Å²) < 4.78 is 2.11. The van der Waals surface area contributed by atoms with Gasteiger partial charge in [-0.15, -0.1) is 0 Å². The molecular formula is C15H23N5. The highest BCUT2D eigenvalue weighted by Gasteiger charge is 2.15. The van der Waals surface area contributed by atoms with E-state index in [9.17, 15) is 0 Å². The van der Waals surface area contributed by atoms with Gasteiger partial charge in [0, 0.05) is 37.5 Å². The number of imidazole rings is 1. The zero-order valence-electron chi connectivity index (χ0n) is 12.8. The van der Waals surface area contributed by atoms with Crippen LogP contribution in [0, 0.1) is 6.92 Å². The Balaban J connectivity index is 2.55. The molecule has 0 spiro atoms. The molecule has 2 heterocycles. The number of nitrogens with zero attached hydrogens (tertiary/aromatic N) is 4. The van der Waals surface area contributed by atoms with Crippen LogP contribution in [0.4, 0.5) is 5.82 Å². The van der Waals surface area contributed by atoms with Crippen LogP contribution in [0.3, 0.4) is 0 Å². The van der Waals surface area contributed by atoms with Gasteiger partial charge >= 0.3 is 0 Å². The van der Waals surface area contributed by atoms with E-state index in [-0.39, 0.29) is 0 Å². The lowest BCUT2D eigenvalue weighted by atomic mass is 10.2. The molecule has 0 unspecified atom stereocenters. The number of aromatic nitrogens is 4. The lowest BCUT2D eigenvalue weighted by molar-refractivity contribution is 0.762.